The minimum atomic E-state index is -3.39. The first kappa shape index (κ1) is 19.6. The first-order valence-corrected chi connectivity index (χ1v) is 10.0. The van der Waals surface area contributed by atoms with Gasteiger partial charge >= 0.3 is 0 Å². The summed E-state index contributed by atoms with van der Waals surface area (Å²) in [7, 11) is -3.39. The second-order valence-electron chi connectivity index (χ2n) is 5.44. The molecule has 0 saturated carbocycles. The van der Waals surface area contributed by atoms with Crippen molar-refractivity contribution in [2.45, 2.75) is 13.8 Å². The minimum absolute atomic E-state index is 0.342. The fourth-order valence-corrected chi connectivity index (χ4v) is 2.83. The Morgan fingerprint density at radius 1 is 0.962 bits per heavy atom. The summed E-state index contributed by atoms with van der Waals surface area (Å²) in [5.41, 5.74) is 1.24. The van der Waals surface area contributed by atoms with Crippen molar-refractivity contribution in [1.29, 1.82) is 0 Å². The maximum atomic E-state index is 12.5. The predicted octanol–water partition coefficient (Wildman–Crippen LogP) is 3.11. The third-order valence-corrected chi connectivity index (χ3v) is 3.84. The topological polar surface area (TPSA) is 93.7 Å². The number of hydrogen-bond donors (Lipinski definition) is 2. The van der Waals surface area contributed by atoms with E-state index in [0.29, 0.717) is 41.7 Å². The molecule has 0 aliphatic rings. The molecule has 0 aliphatic heterocycles. The van der Waals surface area contributed by atoms with Crippen LogP contribution in [0, 0.1) is 0 Å². The lowest BCUT2D eigenvalue weighted by Crippen LogP contribution is -2.13. The van der Waals surface area contributed by atoms with Gasteiger partial charge in [-0.15, -0.1) is 0 Å². The average Bonchev–Trinajstić information content (AvgIpc) is 2.55. The number of carbonyl (C=O) groups is 1. The molecule has 0 bridgehead atoms. The van der Waals surface area contributed by atoms with Crippen molar-refractivity contribution >= 4 is 27.3 Å². The lowest BCUT2D eigenvalue weighted by Gasteiger charge is -2.13. The molecular formula is C18H22N2O5S. The smallest absolute Gasteiger partial charge is 0.255 e. The molecule has 0 saturated heterocycles. The van der Waals surface area contributed by atoms with Gasteiger partial charge < -0.3 is 14.8 Å². The quantitative estimate of drug-likeness (QED) is 0.736. The summed E-state index contributed by atoms with van der Waals surface area (Å²) >= 11 is 0. The molecule has 7 nitrogen and oxygen atoms in total. The summed E-state index contributed by atoms with van der Waals surface area (Å²) in [6, 6.07) is 11.4. The fourth-order valence-electron chi connectivity index (χ4n) is 2.27. The molecule has 2 aromatic carbocycles. The van der Waals surface area contributed by atoms with Crippen LogP contribution in [-0.4, -0.2) is 33.8 Å². The van der Waals surface area contributed by atoms with Crippen molar-refractivity contribution in [2.24, 2.45) is 0 Å². The Morgan fingerprint density at radius 3 is 2.27 bits per heavy atom. The molecule has 0 atom stereocenters. The molecule has 8 heteroatoms. The van der Waals surface area contributed by atoms with Crippen LogP contribution in [0.1, 0.15) is 24.2 Å². The molecule has 26 heavy (non-hydrogen) atoms. The number of anilines is 2. The van der Waals surface area contributed by atoms with Crippen molar-refractivity contribution in [3.63, 3.8) is 0 Å². The van der Waals surface area contributed by atoms with Crippen LogP contribution in [0.4, 0.5) is 11.4 Å². The lowest BCUT2D eigenvalue weighted by atomic mass is 10.1. The summed E-state index contributed by atoms with van der Waals surface area (Å²) in [6.07, 6.45) is 1.06. The Bertz CT molecular complexity index is 881. The normalized spacial score (nSPS) is 10.9. The van der Waals surface area contributed by atoms with Gasteiger partial charge in [0, 0.05) is 11.3 Å². The first-order valence-electron chi connectivity index (χ1n) is 8.11. The Morgan fingerprint density at radius 2 is 1.62 bits per heavy atom. The number of nitrogens with one attached hydrogen (secondary N) is 2. The molecule has 0 spiro atoms. The zero-order valence-corrected chi connectivity index (χ0v) is 15.7. The molecule has 0 fully saturated rings. The van der Waals surface area contributed by atoms with E-state index >= 15 is 0 Å². The average molecular weight is 378 g/mol. The fraction of sp³-hybridized carbons (Fsp3) is 0.278. The summed E-state index contributed by atoms with van der Waals surface area (Å²) in [5.74, 6) is 0.727. The van der Waals surface area contributed by atoms with Crippen LogP contribution in [0.15, 0.2) is 42.5 Å². The first-order chi connectivity index (χ1) is 12.3. The van der Waals surface area contributed by atoms with Gasteiger partial charge in [-0.25, -0.2) is 8.42 Å². The van der Waals surface area contributed by atoms with Gasteiger partial charge in [0.15, 0.2) is 11.5 Å². The Hall–Kier alpha value is -2.74. The van der Waals surface area contributed by atoms with Gasteiger partial charge in [-0.05, 0) is 50.2 Å². The van der Waals surface area contributed by atoms with Gasteiger partial charge in [-0.2, -0.15) is 0 Å². The van der Waals surface area contributed by atoms with E-state index in [-0.39, 0.29) is 5.91 Å². The molecule has 2 aromatic rings. The maximum absolute atomic E-state index is 12.5. The molecule has 0 radical (unpaired) electrons. The van der Waals surface area contributed by atoms with Gasteiger partial charge in [0.2, 0.25) is 10.0 Å². The standard InChI is InChI=1S/C18H22N2O5S/c1-4-24-16-10-9-13(11-17(16)25-5-2)18(21)19-14-7-6-8-15(12-14)20-26(3,22)23/h6-12,20H,4-5H2,1-3H3,(H,19,21). The van der Waals surface area contributed by atoms with Gasteiger partial charge in [0.1, 0.15) is 0 Å². The third-order valence-electron chi connectivity index (χ3n) is 3.23. The van der Waals surface area contributed by atoms with Crippen LogP contribution in [0.25, 0.3) is 0 Å². The Labute approximate surface area is 153 Å². The van der Waals surface area contributed by atoms with Crippen LogP contribution >= 0.6 is 0 Å². The molecular weight excluding hydrogens is 356 g/mol. The third kappa shape index (κ3) is 5.66. The molecule has 2 rings (SSSR count). The highest BCUT2D eigenvalue weighted by atomic mass is 32.2. The largest absolute Gasteiger partial charge is 0.490 e. The Kier molecular flexibility index (Phi) is 6.46. The number of amides is 1. The number of benzene rings is 2. The number of rotatable bonds is 8. The van der Waals surface area contributed by atoms with E-state index in [0.717, 1.165) is 6.26 Å². The van der Waals surface area contributed by atoms with Crippen molar-refractivity contribution < 1.29 is 22.7 Å². The molecule has 0 heterocycles. The summed E-state index contributed by atoms with van der Waals surface area (Å²) in [6.45, 7) is 4.66. The molecule has 140 valence electrons. The zero-order valence-electron chi connectivity index (χ0n) is 14.9. The maximum Gasteiger partial charge on any atom is 0.255 e. The van der Waals surface area contributed by atoms with E-state index in [4.69, 9.17) is 9.47 Å². The highest BCUT2D eigenvalue weighted by Crippen LogP contribution is 2.29. The van der Waals surface area contributed by atoms with Crippen molar-refractivity contribution in [1.82, 2.24) is 0 Å². The van der Waals surface area contributed by atoms with Gasteiger partial charge in [0.25, 0.3) is 5.91 Å². The zero-order chi connectivity index (χ0) is 19.2. The van der Waals surface area contributed by atoms with Crippen molar-refractivity contribution in [2.75, 3.05) is 29.5 Å². The van der Waals surface area contributed by atoms with Gasteiger partial charge in [-0.3, -0.25) is 9.52 Å². The number of ether oxygens (including phenoxy) is 2. The van der Waals surface area contributed by atoms with Crippen LogP contribution in [0.5, 0.6) is 11.5 Å². The van der Waals surface area contributed by atoms with Crippen LogP contribution < -0.4 is 19.5 Å². The minimum Gasteiger partial charge on any atom is -0.490 e. The van der Waals surface area contributed by atoms with Crippen LogP contribution in [0.3, 0.4) is 0 Å². The summed E-state index contributed by atoms with van der Waals surface area (Å²) in [4.78, 5) is 12.5. The van der Waals surface area contributed by atoms with Crippen molar-refractivity contribution in [3.8, 4) is 11.5 Å². The number of carbonyl (C=O) groups excluding carboxylic acids is 1. The van der Waals surface area contributed by atoms with E-state index in [1.165, 1.54) is 6.07 Å². The Balaban J connectivity index is 2.19. The predicted molar refractivity (Wildman–Crippen MR) is 102 cm³/mol. The molecule has 2 N–H and O–H groups in total. The molecule has 0 aliphatic carbocycles. The lowest BCUT2D eigenvalue weighted by molar-refractivity contribution is 0.102. The second kappa shape index (κ2) is 8.57. The molecule has 1 amide bonds. The molecule has 0 aromatic heterocycles. The van der Waals surface area contributed by atoms with Crippen LogP contribution in [0.2, 0.25) is 0 Å². The van der Waals surface area contributed by atoms with Crippen molar-refractivity contribution in [3.05, 3.63) is 48.0 Å². The van der Waals surface area contributed by atoms with E-state index in [1.54, 1.807) is 36.4 Å². The number of sulfonamides is 1. The highest BCUT2D eigenvalue weighted by Gasteiger charge is 2.12. The highest BCUT2D eigenvalue weighted by molar-refractivity contribution is 7.92. The van der Waals surface area contributed by atoms with Gasteiger partial charge in [-0.1, -0.05) is 6.07 Å². The molecule has 0 unspecified atom stereocenters. The summed E-state index contributed by atoms with van der Waals surface area (Å²) in [5, 5.41) is 2.74. The van der Waals surface area contributed by atoms with Crippen LogP contribution in [-0.2, 0) is 10.0 Å². The summed E-state index contributed by atoms with van der Waals surface area (Å²) < 4.78 is 36.0. The van der Waals surface area contributed by atoms with E-state index in [1.807, 2.05) is 13.8 Å². The monoisotopic (exact) mass is 378 g/mol. The van der Waals surface area contributed by atoms with E-state index in [2.05, 4.69) is 10.0 Å². The number of hydrogen-bond acceptors (Lipinski definition) is 5. The SMILES string of the molecule is CCOc1ccc(C(=O)Nc2cccc(NS(C)(=O)=O)c2)cc1OCC. The van der Waals surface area contributed by atoms with Gasteiger partial charge in [0.05, 0.1) is 25.2 Å². The van der Waals surface area contributed by atoms with E-state index < -0.39 is 10.0 Å². The van der Waals surface area contributed by atoms with E-state index in [9.17, 15) is 13.2 Å². The second-order valence-corrected chi connectivity index (χ2v) is 7.19.